The molecule has 0 amide bonds. The lowest BCUT2D eigenvalue weighted by molar-refractivity contribution is 0.360. The molecule has 1 fully saturated rings. The SMILES string of the molecule is CC(C)CN(C1CC1)S(=O)(=O)c1ccc(Cl)c(CCl)c1Cl. The standard InChI is InChI=1S/C14H18Cl3NO2S/c1-9(2)8-18(10-3-4-10)21(19,20)13-6-5-12(16)11(7-15)14(13)17/h5-6,9-10H,3-4,7-8H2,1-2H3. The van der Waals surface area contributed by atoms with E-state index in [9.17, 15) is 8.42 Å². The molecule has 118 valence electrons. The zero-order valence-corrected chi connectivity index (χ0v) is 15.0. The second kappa shape index (κ2) is 6.63. The average molecular weight is 371 g/mol. The number of benzene rings is 1. The van der Waals surface area contributed by atoms with Gasteiger partial charge in [-0.15, -0.1) is 11.6 Å². The van der Waals surface area contributed by atoms with Gasteiger partial charge in [-0.2, -0.15) is 4.31 Å². The molecule has 0 aliphatic heterocycles. The molecule has 0 aromatic heterocycles. The monoisotopic (exact) mass is 369 g/mol. The Balaban J connectivity index is 2.47. The van der Waals surface area contributed by atoms with Crippen molar-refractivity contribution >= 4 is 44.8 Å². The Hall–Kier alpha value is -0.000000000000000167. The predicted octanol–water partition coefficient (Wildman–Crippen LogP) is 4.54. The van der Waals surface area contributed by atoms with E-state index in [4.69, 9.17) is 34.8 Å². The minimum Gasteiger partial charge on any atom is -0.207 e. The van der Waals surface area contributed by atoms with E-state index >= 15 is 0 Å². The first-order valence-electron chi connectivity index (χ1n) is 6.83. The van der Waals surface area contributed by atoms with Crippen molar-refractivity contribution in [2.75, 3.05) is 6.54 Å². The summed E-state index contributed by atoms with van der Waals surface area (Å²) in [7, 11) is -3.63. The maximum atomic E-state index is 12.9. The lowest BCUT2D eigenvalue weighted by Gasteiger charge is -2.24. The molecule has 7 heteroatoms. The Morgan fingerprint density at radius 2 is 1.90 bits per heavy atom. The fourth-order valence-corrected chi connectivity index (χ4v) is 5.34. The molecule has 1 saturated carbocycles. The smallest absolute Gasteiger partial charge is 0.207 e. The van der Waals surface area contributed by atoms with Gasteiger partial charge in [-0.05, 0) is 30.9 Å². The van der Waals surface area contributed by atoms with Crippen LogP contribution in [-0.4, -0.2) is 25.3 Å². The first-order valence-corrected chi connectivity index (χ1v) is 9.56. The maximum Gasteiger partial charge on any atom is 0.244 e. The Morgan fingerprint density at radius 1 is 1.29 bits per heavy atom. The molecule has 1 aromatic carbocycles. The zero-order chi connectivity index (χ0) is 15.8. The van der Waals surface area contributed by atoms with Gasteiger partial charge in [0.05, 0.1) is 10.9 Å². The highest BCUT2D eigenvalue weighted by atomic mass is 35.5. The van der Waals surface area contributed by atoms with E-state index in [1.807, 2.05) is 13.8 Å². The second-order valence-electron chi connectivity index (χ2n) is 5.67. The maximum absolute atomic E-state index is 12.9. The molecule has 0 saturated heterocycles. The number of nitrogens with zero attached hydrogens (tertiary/aromatic N) is 1. The van der Waals surface area contributed by atoms with Gasteiger partial charge in [0.2, 0.25) is 10.0 Å². The van der Waals surface area contributed by atoms with Crippen molar-refractivity contribution in [3.8, 4) is 0 Å². The van der Waals surface area contributed by atoms with Gasteiger partial charge in [0.25, 0.3) is 0 Å². The molecule has 3 nitrogen and oxygen atoms in total. The van der Waals surface area contributed by atoms with Gasteiger partial charge >= 0.3 is 0 Å². The van der Waals surface area contributed by atoms with Crippen LogP contribution in [0.5, 0.6) is 0 Å². The summed E-state index contributed by atoms with van der Waals surface area (Å²) in [6.45, 7) is 4.49. The van der Waals surface area contributed by atoms with E-state index < -0.39 is 10.0 Å². The molecule has 0 heterocycles. The minimum atomic E-state index is -3.63. The predicted molar refractivity (Wildman–Crippen MR) is 87.8 cm³/mol. The van der Waals surface area contributed by atoms with Crippen molar-refractivity contribution in [1.29, 1.82) is 0 Å². The van der Waals surface area contributed by atoms with E-state index in [1.54, 1.807) is 10.4 Å². The van der Waals surface area contributed by atoms with E-state index in [0.29, 0.717) is 17.1 Å². The first-order chi connectivity index (χ1) is 9.78. The summed E-state index contributed by atoms with van der Waals surface area (Å²) in [5.41, 5.74) is 0.460. The van der Waals surface area contributed by atoms with E-state index in [2.05, 4.69) is 0 Å². The number of rotatable bonds is 6. The minimum absolute atomic E-state index is 0.0780. The molecule has 1 aromatic rings. The highest BCUT2D eigenvalue weighted by Crippen LogP contribution is 2.38. The van der Waals surface area contributed by atoms with E-state index in [1.165, 1.54) is 6.07 Å². The average Bonchev–Trinajstić information content (AvgIpc) is 3.20. The van der Waals surface area contributed by atoms with Gasteiger partial charge in [-0.25, -0.2) is 8.42 Å². The quantitative estimate of drug-likeness (QED) is 0.689. The van der Waals surface area contributed by atoms with Gasteiger partial charge in [0, 0.05) is 23.2 Å². The molecule has 1 aliphatic carbocycles. The Kier molecular flexibility index (Phi) is 5.48. The summed E-state index contributed by atoms with van der Waals surface area (Å²) in [5, 5.41) is 0.516. The Bertz CT molecular complexity index is 627. The number of hydrogen-bond donors (Lipinski definition) is 0. The molecule has 0 atom stereocenters. The number of sulfonamides is 1. The molecule has 0 unspecified atom stereocenters. The van der Waals surface area contributed by atoms with Crippen molar-refractivity contribution in [2.24, 2.45) is 5.92 Å². The normalized spacial score (nSPS) is 16.0. The van der Waals surface area contributed by atoms with Gasteiger partial charge < -0.3 is 0 Å². The van der Waals surface area contributed by atoms with Crippen molar-refractivity contribution in [2.45, 2.75) is 43.5 Å². The van der Waals surface area contributed by atoms with Crippen LogP contribution in [0.3, 0.4) is 0 Å². The number of halogens is 3. The summed E-state index contributed by atoms with van der Waals surface area (Å²) in [5.74, 6) is 0.327. The van der Waals surface area contributed by atoms with Crippen LogP contribution in [0.15, 0.2) is 17.0 Å². The molecule has 2 rings (SSSR count). The van der Waals surface area contributed by atoms with Crippen LogP contribution in [0.25, 0.3) is 0 Å². The molecule has 0 radical (unpaired) electrons. The Labute approximate surface area is 141 Å². The van der Waals surface area contributed by atoms with Crippen molar-refractivity contribution in [3.63, 3.8) is 0 Å². The van der Waals surface area contributed by atoms with Crippen LogP contribution in [0, 0.1) is 5.92 Å². The fourth-order valence-electron chi connectivity index (χ4n) is 2.19. The lowest BCUT2D eigenvalue weighted by atomic mass is 10.2. The summed E-state index contributed by atoms with van der Waals surface area (Å²) >= 11 is 18.1. The van der Waals surface area contributed by atoms with Gasteiger partial charge in [0.15, 0.2) is 0 Å². The van der Waals surface area contributed by atoms with Crippen LogP contribution in [-0.2, 0) is 15.9 Å². The van der Waals surface area contributed by atoms with E-state index in [0.717, 1.165) is 12.8 Å². The Morgan fingerprint density at radius 3 is 2.38 bits per heavy atom. The van der Waals surface area contributed by atoms with Crippen molar-refractivity contribution in [3.05, 3.63) is 27.7 Å². The van der Waals surface area contributed by atoms with Gasteiger partial charge in [0.1, 0.15) is 4.90 Å². The van der Waals surface area contributed by atoms with Gasteiger partial charge in [-0.1, -0.05) is 37.0 Å². The highest BCUT2D eigenvalue weighted by molar-refractivity contribution is 7.89. The third-order valence-electron chi connectivity index (χ3n) is 3.37. The number of hydrogen-bond acceptors (Lipinski definition) is 2. The first kappa shape index (κ1) is 17.4. The molecule has 1 aliphatic rings. The molecule has 21 heavy (non-hydrogen) atoms. The van der Waals surface area contributed by atoms with Crippen LogP contribution < -0.4 is 0 Å². The fraction of sp³-hybridized carbons (Fsp3) is 0.571. The summed E-state index contributed by atoms with van der Waals surface area (Å²) in [6.07, 6.45) is 1.80. The van der Waals surface area contributed by atoms with Crippen molar-refractivity contribution in [1.82, 2.24) is 4.31 Å². The summed E-state index contributed by atoms with van der Waals surface area (Å²) in [6, 6.07) is 3.09. The van der Waals surface area contributed by atoms with Crippen LogP contribution >= 0.6 is 34.8 Å². The third-order valence-corrected chi connectivity index (χ3v) is 6.50. The summed E-state index contributed by atoms with van der Waals surface area (Å²) in [4.78, 5) is 0.0942. The van der Waals surface area contributed by atoms with Crippen molar-refractivity contribution < 1.29 is 8.42 Å². The molecular weight excluding hydrogens is 353 g/mol. The van der Waals surface area contributed by atoms with E-state index in [-0.39, 0.29) is 27.8 Å². The van der Waals surface area contributed by atoms with Crippen LogP contribution in [0.4, 0.5) is 0 Å². The van der Waals surface area contributed by atoms with Gasteiger partial charge in [-0.3, -0.25) is 0 Å². The highest BCUT2D eigenvalue weighted by Gasteiger charge is 2.39. The topological polar surface area (TPSA) is 37.4 Å². The summed E-state index contributed by atoms with van der Waals surface area (Å²) < 4.78 is 27.4. The number of alkyl halides is 1. The van der Waals surface area contributed by atoms with Crippen LogP contribution in [0.2, 0.25) is 10.0 Å². The largest absolute Gasteiger partial charge is 0.244 e. The van der Waals surface area contributed by atoms with Crippen LogP contribution in [0.1, 0.15) is 32.3 Å². The zero-order valence-electron chi connectivity index (χ0n) is 11.9. The molecule has 0 bridgehead atoms. The third kappa shape index (κ3) is 3.67. The lowest BCUT2D eigenvalue weighted by Crippen LogP contribution is -2.36. The second-order valence-corrected chi connectivity index (χ2v) is 8.58. The molecule has 0 N–H and O–H groups in total. The molecular formula is C14H18Cl3NO2S. The molecule has 0 spiro atoms.